The van der Waals surface area contributed by atoms with Gasteiger partial charge in [0.1, 0.15) is 5.52 Å². The minimum absolute atomic E-state index is 0.00500. The Morgan fingerprint density at radius 3 is 2.39 bits per heavy atom. The Balaban J connectivity index is 1.72. The number of pyridine rings is 1. The molecule has 0 radical (unpaired) electrons. The van der Waals surface area contributed by atoms with Crippen molar-refractivity contribution in [3.05, 3.63) is 52.5 Å². The molecule has 198 valence electrons. The Morgan fingerprint density at radius 2 is 1.79 bits per heavy atom. The van der Waals surface area contributed by atoms with Crippen LogP contribution < -0.4 is 10.9 Å². The first-order valence-corrected chi connectivity index (χ1v) is 13.8. The lowest BCUT2D eigenvalue weighted by Crippen LogP contribution is -2.27. The van der Waals surface area contributed by atoms with Gasteiger partial charge in [-0.3, -0.25) is 14.3 Å². The van der Waals surface area contributed by atoms with Crippen molar-refractivity contribution < 1.29 is 8.42 Å². The van der Waals surface area contributed by atoms with E-state index in [4.69, 9.17) is 4.98 Å². The topological polar surface area (TPSA) is 158 Å². The lowest BCUT2D eigenvalue weighted by Gasteiger charge is -2.16. The van der Waals surface area contributed by atoms with Crippen LogP contribution in [0, 0.1) is 0 Å². The van der Waals surface area contributed by atoms with Crippen molar-refractivity contribution in [3.8, 4) is 11.4 Å². The van der Waals surface area contributed by atoms with E-state index in [0.717, 1.165) is 5.69 Å². The van der Waals surface area contributed by atoms with Crippen LogP contribution in [0.15, 0.2) is 45.4 Å². The van der Waals surface area contributed by atoms with Gasteiger partial charge in [0.25, 0.3) is 5.56 Å². The number of aromatic nitrogens is 7. The van der Waals surface area contributed by atoms with Gasteiger partial charge >= 0.3 is 0 Å². The van der Waals surface area contributed by atoms with E-state index in [1.807, 2.05) is 27.7 Å². The van der Waals surface area contributed by atoms with Gasteiger partial charge < -0.3 is 5.32 Å². The highest BCUT2D eigenvalue weighted by molar-refractivity contribution is 7.91. The minimum atomic E-state index is -3.34. The van der Waals surface area contributed by atoms with Gasteiger partial charge in [-0.25, -0.2) is 38.3 Å². The van der Waals surface area contributed by atoms with Gasteiger partial charge in [0.05, 0.1) is 40.3 Å². The van der Waals surface area contributed by atoms with E-state index in [1.165, 1.54) is 12.3 Å². The Labute approximate surface area is 220 Å². The van der Waals surface area contributed by atoms with E-state index in [0.29, 0.717) is 28.2 Å². The molecule has 0 aliphatic heterocycles. The molecule has 4 aromatic heterocycles. The fourth-order valence-electron chi connectivity index (χ4n) is 3.84. The quantitative estimate of drug-likeness (QED) is 0.314. The van der Waals surface area contributed by atoms with Crippen molar-refractivity contribution in [2.24, 2.45) is 4.99 Å². The van der Waals surface area contributed by atoms with E-state index in [-0.39, 0.29) is 46.5 Å². The summed E-state index contributed by atoms with van der Waals surface area (Å²) in [6, 6.07) is 2.89. The summed E-state index contributed by atoms with van der Waals surface area (Å²) in [5.74, 6) is 0.802. The zero-order valence-corrected chi connectivity index (χ0v) is 22.7. The van der Waals surface area contributed by atoms with E-state index < -0.39 is 9.84 Å². The smallest absolute Gasteiger partial charge is 0.295 e. The van der Waals surface area contributed by atoms with Gasteiger partial charge in [0.2, 0.25) is 5.95 Å². The number of sulfone groups is 1. The second-order valence-corrected chi connectivity index (χ2v) is 11.4. The average Bonchev–Trinajstić information content (AvgIpc) is 2.91. The maximum absolute atomic E-state index is 13.4. The number of aliphatic imine (C=N–C) groups is 1. The number of anilines is 1. The standard InChI is InChI=1S/C25H29N9O3S/c1-7-38(36,37)17-9-8-16(27-11-17)10-28-22-24(35)34(15(4)5)23-19(31-22)13-29-21(33-23)18-12-30-25(26-6)32-20(18)14(2)3/h8-9,11-15H,6-7,10H2,1-5H3,(H,28,31). The molecule has 0 atom stereocenters. The molecule has 0 aliphatic carbocycles. The van der Waals surface area contributed by atoms with Crippen molar-refractivity contribution in [1.29, 1.82) is 0 Å². The summed E-state index contributed by atoms with van der Waals surface area (Å²) in [4.78, 5) is 43.9. The van der Waals surface area contributed by atoms with Crippen LogP contribution in [-0.4, -0.2) is 55.4 Å². The largest absolute Gasteiger partial charge is 0.360 e. The maximum Gasteiger partial charge on any atom is 0.295 e. The Hall–Kier alpha value is -4.13. The molecular weight excluding hydrogens is 506 g/mol. The number of rotatable bonds is 9. The minimum Gasteiger partial charge on any atom is -0.360 e. The van der Waals surface area contributed by atoms with E-state index in [1.54, 1.807) is 30.0 Å². The van der Waals surface area contributed by atoms with Gasteiger partial charge in [-0.15, -0.1) is 0 Å². The molecule has 0 spiro atoms. The summed E-state index contributed by atoms with van der Waals surface area (Å²) in [5.41, 5.74) is 2.37. The molecular formula is C25H29N9O3S. The molecule has 0 amide bonds. The summed E-state index contributed by atoms with van der Waals surface area (Å²) in [7, 11) is -3.34. The second kappa shape index (κ2) is 10.7. The molecule has 13 heteroatoms. The van der Waals surface area contributed by atoms with E-state index in [9.17, 15) is 13.2 Å². The lowest BCUT2D eigenvalue weighted by molar-refractivity contribution is 0.593. The van der Waals surface area contributed by atoms with Gasteiger partial charge in [-0.05, 0) is 38.6 Å². The molecule has 0 aliphatic rings. The van der Waals surface area contributed by atoms with Gasteiger partial charge in [0, 0.05) is 18.4 Å². The Bertz CT molecular complexity index is 1660. The summed E-state index contributed by atoms with van der Waals surface area (Å²) < 4.78 is 25.6. The third-order valence-corrected chi connectivity index (χ3v) is 7.58. The normalized spacial score (nSPS) is 11.9. The fourth-order valence-corrected chi connectivity index (χ4v) is 4.66. The summed E-state index contributed by atoms with van der Waals surface area (Å²) in [6.07, 6.45) is 4.49. The SMILES string of the molecule is C=Nc1ncc(-c2ncc3nc(NCc4ccc(S(=O)(=O)CC)cn4)c(=O)n(C(C)C)c3n2)c(C(C)C)n1. The number of hydrogen-bond acceptors (Lipinski definition) is 11. The van der Waals surface area contributed by atoms with Crippen molar-refractivity contribution in [3.63, 3.8) is 0 Å². The summed E-state index contributed by atoms with van der Waals surface area (Å²) in [6.45, 7) is 13.0. The highest BCUT2D eigenvalue weighted by Gasteiger charge is 2.19. The maximum atomic E-state index is 13.4. The highest BCUT2D eigenvalue weighted by atomic mass is 32.2. The molecule has 0 fully saturated rings. The number of hydrogen-bond donors (Lipinski definition) is 1. The van der Waals surface area contributed by atoms with Crippen LogP contribution in [0.5, 0.6) is 0 Å². The van der Waals surface area contributed by atoms with Gasteiger partial charge in [-0.2, -0.15) is 0 Å². The molecule has 4 rings (SSSR count). The average molecular weight is 536 g/mol. The zero-order chi connectivity index (χ0) is 27.6. The first-order chi connectivity index (χ1) is 18.1. The molecule has 0 aromatic carbocycles. The van der Waals surface area contributed by atoms with Crippen LogP contribution in [0.25, 0.3) is 22.6 Å². The number of nitrogens with one attached hydrogen (secondary N) is 1. The third-order valence-electron chi connectivity index (χ3n) is 5.86. The summed E-state index contributed by atoms with van der Waals surface area (Å²) >= 11 is 0. The van der Waals surface area contributed by atoms with Crippen molar-refractivity contribution in [1.82, 2.24) is 34.5 Å². The molecule has 0 saturated carbocycles. The Kier molecular flexibility index (Phi) is 7.58. The van der Waals surface area contributed by atoms with Crippen LogP contribution in [0.4, 0.5) is 11.8 Å². The zero-order valence-electron chi connectivity index (χ0n) is 21.9. The predicted octanol–water partition coefficient (Wildman–Crippen LogP) is 3.48. The molecule has 1 N–H and O–H groups in total. The molecule has 0 bridgehead atoms. The van der Waals surface area contributed by atoms with Crippen LogP contribution in [-0.2, 0) is 16.4 Å². The van der Waals surface area contributed by atoms with Crippen LogP contribution in [0.2, 0.25) is 0 Å². The third kappa shape index (κ3) is 5.28. The highest BCUT2D eigenvalue weighted by Crippen LogP contribution is 2.27. The lowest BCUT2D eigenvalue weighted by atomic mass is 10.0. The predicted molar refractivity (Wildman–Crippen MR) is 146 cm³/mol. The first kappa shape index (κ1) is 26.9. The molecule has 0 saturated heterocycles. The monoisotopic (exact) mass is 535 g/mol. The molecule has 12 nitrogen and oxygen atoms in total. The molecule has 4 heterocycles. The van der Waals surface area contributed by atoms with Gasteiger partial charge in [-0.1, -0.05) is 20.8 Å². The fraction of sp³-hybridized carbons (Fsp3) is 0.360. The van der Waals surface area contributed by atoms with E-state index >= 15 is 0 Å². The molecule has 38 heavy (non-hydrogen) atoms. The first-order valence-electron chi connectivity index (χ1n) is 12.1. The van der Waals surface area contributed by atoms with Gasteiger partial charge in [0.15, 0.2) is 27.1 Å². The van der Waals surface area contributed by atoms with Crippen LogP contribution in [0.1, 0.15) is 58.0 Å². The van der Waals surface area contributed by atoms with Crippen LogP contribution in [0.3, 0.4) is 0 Å². The van der Waals surface area contributed by atoms with Crippen molar-refractivity contribution in [2.45, 2.75) is 58.0 Å². The number of nitrogens with zero attached hydrogens (tertiary/aromatic N) is 8. The van der Waals surface area contributed by atoms with Crippen molar-refractivity contribution >= 4 is 39.5 Å². The molecule has 4 aromatic rings. The second-order valence-electron chi connectivity index (χ2n) is 9.16. The van der Waals surface area contributed by atoms with E-state index in [2.05, 4.69) is 41.9 Å². The van der Waals surface area contributed by atoms with Crippen LogP contribution >= 0.6 is 0 Å². The number of fused-ring (bicyclic) bond motifs is 1. The van der Waals surface area contributed by atoms with Crippen molar-refractivity contribution in [2.75, 3.05) is 11.1 Å². The Morgan fingerprint density at radius 1 is 1.03 bits per heavy atom. The molecule has 0 unspecified atom stereocenters. The summed E-state index contributed by atoms with van der Waals surface area (Å²) in [5, 5.41) is 3.02.